The molecule has 0 atom stereocenters. The predicted octanol–water partition coefficient (Wildman–Crippen LogP) is 3.67. The molecule has 0 aliphatic rings. The molecule has 1 N–H and O–H groups in total. The van der Waals surface area contributed by atoms with E-state index in [1.54, 1.807) is 24.3 Å². The lowest BCUT2D eigenvalue weighted by Gasteiger charge is -2.06. The van der Waals surface area contributed by atoms with Crippen LogP contribution in [-0.4, -0.2) is 20.1 Å². The second kappa shape index (κ2) is 7.57. The Bertz CT molecular complexity index is 791. The average Bonchev–Trinajstić information content (AvgIpc) is 2.47. The fourth-order valence-electron chi connectivity index (χ4n) is 1.97. The Kier molecular flexibility index (Phi) is 5.74. The van der Waals surface area contributed by atoms with Gasteiger partial charge in [0.15, 0.2) is 9.84 Å². The number of halogens is 2. The van der Waals surface area contributed by atoms with Gasteiger partial charge in [-0.25, -0.2) is 12.8 Å². The number of benzene rings is 2. The van der Waals surface area contributed by atoms with E-state index in [0.717, 1.165) is 12.1 Å². The Hall–Kier alpha value is -1.92. The van der Waals surface area contributed by atoms with E-state index in [4.69, 9.17) is 11.6 Å². The van der Waals surface area contributed by atoms with E-state index in [-0.39, 0.29) is 29.4 Å². The van der Waals surface area contributed by atoms with Crippen LogP contribution >= 0.6 is 11.6 Å². The molecule has 23 heavy (non-hydrogen) atoms. The van der Waals surface area contributed by atoms with Crippen molar-refractivity contribution in [2.45, 2.75) is 17.7 Å². The Morgan fingerprint density at radius 2 is 1.83 bits per heavy atom. The van der Waals surface area contributed by atoms with Crippen molar-refractivity contribution in [3.63, 3.8) is 0 Å². The van der Waals surface area contributed by atoms with E-state index in [1.165, 1.54) is 12.1 Å². The van der Waals surface area contributed by atoms with Gasteiger partial charge in [0.05, 0.1) is 10.6 Å². The summed E-state index contributed by atoms with van der Waals surface area (Å²) in [5.74, 6) is -0.965. The molecule has 2 aromatic carbocycles. The zero-order valence-corrected chi connectivity index (χ0v) is 13.7. The molecule has 2 aromatic rings. The van der Waals surface area contributed by atoms with E-state index < -0.39 is 15.7 Å². The van der Waals surface area contributed by atoms with Crippen LogP contribution in [0.1, 0.15) is 12.8 Å². The number of carbonyl (C=O) groups excluding carboxylic acids is 1. The highest BCUT2D eigenvalue weighted by molar-refractivity contribution is 7.91. The van der Waals surface area contributed by atoms with E-state index >= 15 is 0 Å². The topological polar surface area (TPSA) is 63.2 Å². The molecule has 0 spiro atoms. The van der Waals surface area contributed by atoms with Gasteiger partial charge in [0.25, 0.3) is 0 Å². The Morgan fingerprint density at radius 3 is 2.48 bits per heavy atom. The van der Waals surface area contributed by atoms with Crippen LogP contribution in [0.2, 0.25) is 5.02 Å². The van der Waals surface area contributed by atoms with Gasteiger partial charge >= 0.3 is 0 Å². The lowest BCUT2D eigenvalue weighted by atomic mass is 10.3. The Balaban J connectivity index is 1.86. The summed E-state index contributed by atoms with van der Waals surface area (Å²) in [6.45, 7) is 0. The molecule has 1 amide bonds. The number of rotatable bonds is 6. The molecule has 0 aromatic heterocycles. The summed E-state index contributed by atoms with van der Waals surface area (Å²) in [7, 11) is -3.52. The minimum Gasteiger partial charge on any atom is -0.326 e. The third-order valence-corrected chi connectivity index (χ3v) is 5.15. The Labute approximate surface area is 139 Å². The quantitative estimate of drug-likeness (QED) is 0.804. The van der Waals surface area contributed by atoms with Crippen LogP contribution in [0.25, 0.3) is 0 Å². The highest BCUT2D eigenvalue weighted by Crippen LogP contribution is 2.16. The molecule has 122 valence electrons. The maximum absolute atomic E-state index is 12.8. The maximum atomic E-state index is 12.8. The number of hydrogen-bond donors (Lipinski definition) is 1. The lowest BCUT2D eigenvalue weighted by Crippen LogP contribution is -2.14. The molecular weight excluding hydrogens is 341 g/mol. The van der Waals surface area contributed by atoms with Crippen molar-refractivity contribution in [3.8, 4) is 0 Å². The van der Waals surface area contributed by atoms with Crippen LogP contribution < -0.4 is 5.32 Å². The van der Waals surface area contributed by atoms with Crippen molar-refractivity contribution in [2.75, 3.05) is 11.1 Å². The number of nitrogens with one attached hydrogen (secondary N) is 1. The average molecular weight is 356 g/mol. The normalized spacial score (nSPS) is 11.2. The number of hydrogen-bond acceptors (Lipinski definition) is 3. The molecule has 7 heteroatoms. The molecule has 0 saturated carbocycles. The predicted molar refractivity (Wildman–Crippen MR) is 87.8 cm³/mol. The molecule has 2 rings (SSSR count). The summed E-state index contributed by atoms with van der Waals surface area (Å²) >= 11 is 5.81. The first-order chi connectivity index (χ1) is 10.9. The number of sulfone groups is 1. The van der Waals surface area contributed by atoms with E-state index in [9.17, 15) is 17.6 Å². The summed E-state index contributed by atoms with van der Waals surface area (Å²) in [4.78, 5) is 11.8. The van der Waals surface area contributed by atoms with Gasteiger partial charge in [-0.15, -0.1) is 0 Å². The second-order valence-corrected chi connectivity index (χ2v) is 7.48. The van der Waals surface area contributed by atoms with Gasteiger partial charge < -0.3 is 5.32 Å². The summed E-state index contributed by atoms with van der Waals surface area (Å²) < 4.78 is 36.9. The van der Waals surface area contributed by atoms with Gasteiger partial charge in [-0.05, 0) is 48.9 Å². The van der Waals surface area contributed by atoms with Gasteiger partial charge in [0, 0.05) is 17.1 Å². The zero-order chi connectivity index (χ0) is 16.9. The third-order valence-electron chi connectivity index (χ3n) is 3.10. The first kappa shape index (κ1) is 17.4. The van der Waals surface area contributed by atoms with Gasteiger partial charge in [0.2, 0.25) is 5.91 Å². The smallest absolute Gasteiger partial charge is 0.224 e. The zero-order valence-electron chi connectivity index (χ0n) is 12.1. The largest absolute Gasteiger partial charge is 0.326 e. The van der Waals surface area contributed by atoms with Crippen LogP contribution in [0.15, 0.2) is 53.4 Å². The van der Waals surface area contributed by atoms with E-state index in [2.05, 4.69) is 5.32 Å². The van der Waals surface area contributed by atoms with Crippen molar-refractivity contribution < 1.29 is 17.6 Å². The number of amides is 1. The second-order valence-electron chi connectivity index (χ2n) is 4.93. The molecule has 0 aliphatic carbocycles. The number of carbonyl (C=O) groups is 1. The fraction of sp³-hybridized carbons (Fsp3) is 0.188. The molecule has 0 heterocycles. The van der Waals surface area contributed by atoms with Crippen molar-refractivity contribution in [2.24, 2.45) is 0 Å². The lowest BCUT2D eigenvalue weighted by molar-refractivity contribution is -0.116. The first-order valence-corrected chi connectivity index (χ1v) is 8.93. The van der Waals surface area contributed by atoms with Crippen molar-refractivity contribution in [1.82, 2.24) is 0 Å². The van der Waals surface area contributed by atoms with Crippen molar-refractivity contribution in [3.05, 3.63) is 59.4 Å². The minimum atomic E-state index is -3.52. The van der Waals surface area contributed by atoms with Crippen LogP contribution in [0.5, 0.6) is 0 Å². The van der Waals surface area contributed by atoms with Gasteiger partial charge in [-0.2, -0.15) is 0 Å². The highest BCUT2D eigenvalue weighted by atomic mass is 35.5. The third kappa shape index (κ3) is 5.33. The standard InChI is InChI=1S/C16H15ClFNO3S/c17-12-3-1-4-14(11-12)19-16(20)5-2-10-23(21,22)15-8-6-13(18)7-9-15/h1,3-4,6-9,11H,2,5,10H2,(H,19,20). The SMILES string of the molecule is O=C(CCCS(=O)(=O)c1ccc(F)cc1)Nc1cccc(Cl)c1. The highest BCUT2D eigenvalue weighted by Gasteiger charge is 2.15. The molecule has 0 saturated heterocycles. The maximum Gasteiger partial charge on any atom is 0.224 e. The van der Waals surface area contributed by atoms with Crippen molar-refractivity contribution in [1.29, 1.82) is 0 Å². The van der Waals surface area contributed by atoms with E-state index in [0.29, 0.717) is 10.7 Å². The molecule has 0 bridgehead atoms. The summed E-state index contributed by atoms with van der Waals surface area (Å²) in [6.07, 6.45) is 0.235. The number of anilines is 1. The minimum absolute atomic E-state index is 0.0501. The van der Waals surface area contributed by atoms with E-state index in [1.807, 2.05) is 0 Å². The molecule has 0 fully saturated rings. The summed E-state index contributed by atoms with van der Waals surface area (Å²) in [6, 6.07) is 11.3. The van der Waals surface area contributed by atoms with Crippen molar-refractivity contribution >= 4 is 33.0 Å². The Morgan fingerprint density at radius 1 is 1.13 bits per heavy atom. The van der Waals surface area contributed by atoms with Gasteiger partial charge in [-0.1, -0.05) is 17.7 Å². The molecule has 0 aliphatic heterocycles. The molecular formula is C16H15ClFNO3S. The summed E-state index contributed by atoms with van der Waals surface area (Å²) in [5.41, 5.74) is 0.559. The monoisotopic (exact) mass is 355 g/mol. The fourth-order valence-corrected chi connectivity index (χ4v) is 3.47. The first-order valence-electron chi connectivity index (χ1n) is 6.90. The van der Waals surface area contributed by atoms with Gasteiger partial charge in [-0.3, -0.25) is 4.79 Å². The van der Waals surface area contributed by atoms with Crippen LogP contribution in [0.4, 0.5) is 10.1 Å². The van der Waals surface area contributed by atoms with Crippen LogP contribution in [0.3, 0.4) is 0 Å². The molecule has 0 unspecified atom stereocenters. The summed E-state index contributed by atoms with van der Waals surface area (Å²) in [5, 5.41) is 3.15. The van der Waals surface area contributed by atoms with Crippen LogP contribution in [0, 0.1) is 5.82 Å². The molecule has 0 radical (unpaired) electrons. The molecule has 4 nitrogen and oxygen atoms in total. The van der Waals surface area contributed by atoms with Gasteiger partial charge in [0.1, 0.15) is 5.82 Å². The van der Waals surface area contributed by atoms with Crippen LogP contribution in [-0.2, 0) is 14.6 Å².